The molecule has 0 aliphatic carbocycles. The molecule has 0 N–H and O–H groups in total. The quantitative estimate of drug-likeness (QED) is 0.144. The summed E-state index contributed by atoms with van der Waals surface area (Å²) in [5, 5.41) is 4.55. The first-order valence-corrected chi connectivity index (χ1v) is 15.8. The van der Waals surface area contributed by atoms with E-state index in [0.29, 0.717) is 5.92 Å². The third-order valence-corrected chi connectivity index (χ3v) is 11.9. The van der Waals surface area contributed by atoms with Gasteiger partial charge in [0.1, 0.15) is 23.2 Å². The summed E-state index contributed by atoms with van der Waals surface area (Å²) in [6.45, 7) is 4.80. The maximum absolute atomic E-state index is 2.50. The molecular weight excluding hydrogens is 427 g/mol. The standard InChI is InChI=1S/C33H46P/c1-3-4-5-6-7-8-9-10-11-15-22-30(2)29-34(31-23-16-12-17-24-31,32-25-18-13-19-26-32)33-27-20-14-21-28-33/h12-14,16-21,23-28,30H,3-11,15,22,29H2,1-2H3/q+1/t30-/m0/s1. The lowest BCUT2D eigenvalue weighted by Crippen LogP contribution is -2.35. The van der Waals surface area contributed by atoms with Gasteiger partial charge in [-0.05, 0) is 48.7 Å². The van der Waals surface area contributed by atoms with Crippen molar-refractivity contribution in [1.29, 1.82) is 0 Å². The fourth-order valence-electron chi connectivity index (χ4n) is 5.35. The average molecular weight is 474 g/mol. The third-order valence-electron chi connectivity index (χ3n) is 7.23. The maximum Gasteiger partial charge on any atom is 0.112 e. The van der Waals surface area contributed by atoms with E-state index in [-0.39, 0.29) is 0 Å². The minimum absolute atomic E-state index is 0.711. The summed E-state index contributed by atoms with van der Waals surface area (Å²) >= 11 is 0. The monoisotopic (exact) mass is 473 g/mol. The lowest BCUT2D eigenvalue weighted by molar-refractivity contribution is 0.508. The van der Waals surface area contributed by atoms with E-state index in [1.54, 1.807) is 0 Å². The molecule has 3 aromatic carbocycles. The van der Waals surface area contributed by atoms with Crippen molar-refractivity contribution in [2.24, 2.45) is 5.92 Å². The van der Waals surface area contributed by atoms with Crippen molar-refractivity contribution in [3.8, 4) is 0 Å². The number of benzene rings is 3. The first kappa shape index (κ1) is 26.7. The van der Waals surface area contributed by atoms with Crippen LogP contribution >= 0.6 is 7.26 Å². The summed E-state index contributed by atoms with van der Waals surface area (Å²) in [4.78, 5) is 0. The fourth-order valence-corrected chi connectivity index (χ4v) is 10.0. The van der Waals surface area contributed by atoms with E-state index in [2.05, 4.69) is 105 Å². The minimum Gasteiger partial charge on any atom is -0.0654 e. The van der Waals surface area contributed by atoms with Crippen LogP contribution in [0.2, 0.25) is 0 Å². The zero-order chi connectivity index (χ0) is 23.9. The molecule has 0 spiro atoms. The molecule has 0 unspecified atom stereocenters. The normalized spacial score (nSPS) is 12.5. The molecule has 34 heavy (non-hydrogen) atoms. The van der Waals surface area contributed by atoms with E-state index in [4.69, 9.17) is 0 Å². The van der Waals surface area contributed by atoms with Gasteiger partial charge in [0.05, 0.1) is 6.16 Å². The fraction of sp³-hybridized carbons (Fsp3) is 0.455. The molecule has 3 rings (SSSR count). The zero-order valence-corrected chi connectivity index (χ0v) is 22.6. The molecule has 3 aromatic rings. The lowest BCUT2D eigenvalue weighted by atomic mass is 10.0. The van der Waals surface area contributed by atoms with Crippen LogP contribution in [0.25, 0.3) is 0 Å². The Kier molecular flexibility index (Phi) is 11.9. The molecule has 0 heterocycles. The van der Waals surface area contributed by atoms with Gasteiger partial charge >= 0.3 is 0 Å². The molecule has 0 nitrogen and oxygen atoms in total. The van der Waals surface area contributed by atoms with E-state index in [9.17, 15) is 0 Å². The van der Waals surface area contributed by atoms with Crippen molar-refractivity contribution in [3.05, 3.63) is 91.0 Å². The van der Waals surface area contributed by atoms with Gasteiger partial charge in [0.2, 0.25) is 0 Å². The van der Waals surface area contributed by atoms with Gasteiger partial charge in [-0.1, -0.05) is 133 Å². The van der Waals surface area contributed by atoms with Crippen molar-refractivity contribution in [2.45, 2.75) is 84.5 Å². The smallest absolute Gasteiger partial charge is 0.0654 e. The van der Waals surface area contributed by atoms with E-state index in [1.165, 1.54) is 92.7 Å². The third kappa shape index (κ3) is 7.81. The predicted octanol–water partition coefficient (Wildman–Crippen LogP) is 8.93. The molecule has 182 valence electrons. The van der Waals surface area contributed by atoms with Gasteiger partial charge in [-0.3, -0.25) is 0 Å². The van der Waals surface area contributed by atoms with Gasteiger partial charge in [-0.2, -0.15) is 0 Å². The second-order valence-electron chi connectivity index (χ2n) is 10.1. The second kappa shape index (κ2) is 15.2. The van der Waals surface area contributed by atoms with Crippen LogP contribution < -0.4 is 15.9 Å². The predicted molar refractivity (Wildman–Crippen MR) is 156 cm³/mol. The molecular formula is C33H46P+. The Balaban J connectivity index is 1.65. The maximum atomic E-state index is 2.50. The van der Waals surface area contributed by atoms with Gasteiger partial charge in [0, 0.05) is 0 Å². The Morgan fingerprint density at radius 3 is 1.24 bits per heavy atom. The van der Waals surface area contributed by atoms with E-state index in [0.717, 1.165) is 0 Å². The summed E-state index contributed by atoms with van der Waals surface area (Å²) in [5.74, 6) is 0.711. The first-order chi connectivity index (χ1) is 16.8. The number of hydrogen-bond acceptors (Lipinski definition) is 0. The minimum atomic E-state index is -1.69. The summed E-state index contributed by atoms with van der Waals surface area (Å²) in [6, 6.07) is 34.1. The molecule has 0 radical (unpaired) electrons. The molecule has 0 aliphatic heterocycles. The Morgan fingerprint density at radius 1 is 0.500 bits per heavy atom. The van der Waals surface area contributed by atoms with Crippen molar-refractivity contribution in [1.82, 2.24) is 0 Å². The summed E-state index contributed by atoms with van der Waals surface area (Å²) < 4.78 is 0. The molecule has 0 aromatic heterocycles. The van der Waals surface area contributed by atoms with Gasteiger partial charge in [0.15, 0.2) is 0 Å². The largest absolute Gasteiger partial charge is 0.112 e. The van der Waals surface area contributed by atoms with E-state index < -0.39 is 7.26 Å². The molecule has 1 heteroatoms. The molecule has 0 bridgehead atoms. The van der Waals surface area contributed by atoms with Crippen LogP contribution in [-0.2, 0) is 0 Å². The number of rotatable bonds is 16. The van der Waals surface area contributed by atoms with Crippen molar-refractivity contribution in [2.75, 3.05) is 6.16 Å². The van der Waals surface area contributed by atoms with Crippen LogP contribution in [0.4, 0.5) is 0 Å². The van der Waals surface area contributed by atoms with Crippen LogP contribution in [0, 0.1) is 5.92 Å². The van der Waals surface area contributed by atoms with Crippen molar-refractivity contribution < 1.29 is 0 Å². The Morgan fingerprint density at radius 2 is 0.853 bits per heavy atom. The van der Waals surface area contributed by atoms with Crippen LogP contribution in [-0.4, -0.2) is 6.16 Å². The Hall–Kier alpha value is -1.91. The highest BCUT2D eigenvalue weighted by atomic mass is 31.2. The topological polar surface area (TPSA) is 0 Å². The SMILES string of the molecule is CCCCCCCCCCCC[C@H](C)C[P+](c1ccccc1)(c1ccccc1)c1ccccc1. The van der Waals surface area contributed by atoms with E-state index in [1.807, 2.05) is 0 Å². The van der Waals surface area contributed by atoms with Crippen LogP contribution in [0.5, 0.6) is 0 Å². The van der Waals surface area contributed by atoms with Crippen LogP contribution in [0.1, 0.15) is 84.5 Å². The van der Waals surface area contributed by atoms with Crippen LogP contribution in [0.3, 0.4) is 0 Å². The summed E-state index contributed by atoms with van der Waals surface area (Å²) in [7, 11) is -1.69. The first-order valence-electron chi connectivity index (χ1n) is 13.8. The Labute approximate surface area is 210 Å². The highest BCUT2D eigenvalue weighted by Crippen LogP contribution is 2.57. The van der Waals surface area contributed by atoms with Gasteiger partial charge in [0.25, 0.3) is 0 Å². The summed E-state index contributed by atoms with van der Waals surface area (Å²) in [5.41, 5.74) is 0. The lowest BCUT2D eigenvalue weighted by Gasteiger charge is -2.30. The molecule has 0 aliphatic rings. The Bertz CT molecular complexity index is 791. The van der Waals surface area contributed by atoms with Crippen molar-refractivity contribution >= 4 is 23.2 Å². The van der Waals surface area contributed by atoms with Gasteiger partial charge in [-0.15, -0.1) is 0 Å². The molecule has 0 fully saturated rings. The molecule has 0 saturated heterocycles. The van der Waals surface area contributed by atoms with Gasteiger partial charge in [-0.25, -0.2) is 0 Å². The van der Waals surface area contributed by atoms with Crippen LogP contribution in [0.15, 0.2) is 91.0 Å². The highest BCUT2D eigenvalue weighted by molar-refractivity contribution is 7.95. The number of unbranched alkanes of at least 4 members (excludes halogenated alkanes) is 9. The highest BCUT2D eigenvalue weighted by Gasteiger charge is 2.45. The van der Waals surface area contributed by atoms with Crippen molar-refractivity contribution in [3.63, 3.8) is 0 Å². The summed E-state index contributed by atoms with van der Waals surface area (Å²) in [6.07, 6.45) is 16.7. The molecule has 0 amide bonds. The van der Waals surface area contributed by atoms with Gasteiger partial charge < -0.3 is 0 Å². The molecule has 1 atom stereocenters. The average Bonchev–Trinajstić information content (AvgIpc) is 2.90. The number of hydrogen-bond donors (Lipinski definition) is 0. The van der Waals surface area contributed by atoms with E-state index >= 15 is 0 Å². The zero-order valence-electron chi connectivity index (χ0n) is 21.7. The second-order valence-corrected chi connectivity index (χ2v) is 13.6. The molecule has 0 saturated carbocycles.